The predicted octanol–water partition coefficient (Wildman–Crippen LogP) is 15.2. The van der Waals surface area contributed by atoms with Crippen molar-refractivity contribution in [3.8, 4) is 0 Å². The molecule has 0 spiro atoms. The maximum absolute atomic E-state index is 12.7. The van der Waals surface area contributed by atoms with Crippen molar-refractivity contribution in [2.75, 3.05) is 19.8 Å². The molecular formula is C53H82O5. The Labute approximate surface area is 356 Å². The molecule has 324 valence electrons. The third-order valence-electron chi connectivity index (χ3n) is 8.70. The molecule has 5 nitrogen and oxygen atoms in total. The van der Waals surface area contributed by atoms with Crippen LogP contribution in [0.25, 0.3) is 0 Å². The summed E-state index contributed by atoms with van der Waals surface area (Å²) in [6.07, 6.45) is 67.8. The summed E-state index contributed by atoms with van der Waals surface area (Å²) >= 11 is 0. The molecule has 0 rings (SSSR count). The zero-order valence-corrected chi connectivity index (χ0v) is 37.0. The van der Waals surface area contributed by atoms with E-state index in [4.69, 9.17) is 14.2 Å². The fourth-order valence-electron chi connectivity index (χ4n) is 5.39. The van der Waals surface area contributed by atoms with E-state index in [0.29, 0.717) is 13.0 Å². The first-order valence-electron chi connectivity index (χ1n) is 22.7. The molecule has 5 heteroatoms. The van der Waals surface area contributed by atoms with Gasteiger partial charge in [-0.15, -0.1) is 0 Å². The summed E-state index contributed by atoms with van der Waals surface area (Å²) in [6.45, 7) is 7.20. The second-order valence-corrected chi connectivity index (χ2v) is 14.2. The summed E-state index contributed by atoms with van der Waals surface area (Å²) < 4.78 is 17.1. The summed E-state index contributed by atoms with van der Waals surface area (Å²) in [7, 11) is 0. The van der Waals surface area contributed by atoms with E-state index >= 15 is 0 Å². The molecule has 0 N–H and O–H groups in total. The van der Waals surface area contributed by atoms with Crippen LogP contribution in [0.3, 0.4) is 0 Å². The minimum absolute atomic E-state index is 0.0112. The maximum Gasteiger partial charge on any atom is 0.309 e. The van der Waals surface area contributed by atoms with Crippen molar-refractivity contribution in [2.45, 2.75) is 168 Å². The number of ether oxygens (including phenoxy) is 3. The number of unbranched alkanes of at least 4 members (excludes halogenated alkanes) is 7. The molecular weight excluding hydrogens is 717 g/mol. The highest BCUT2D eigenvalue weighted by Crippen LogP contribution is 2.10. The molecule has 0 aliphatic rings. The van der Waals surface area contributed by atoms with Crippen molar-refractivity contribution in [1.82, 2.24) is 0 Å². The second-order valence-electron chi connectivity index (χ2n) is 14.2. The molecule has 0 aliphatic heterocycles. The molecule has 0 aliphatic carbocycles. The Morgan fingerprint density at radius 3 is 1.33 bits per heavy atom. The molecule has 0 aromatic heterocycles. The Morgan fingerprint density at radius 1 is 0.414 bits per heavy atom. The molecule has 58 heavy (non-hydrogen) atoms. The smallest absolute Gasteiger partial charge is 0.309 e. The molecule has 0 aromatic rings. The lowest BCUT2D eigenvalue weighted by Gasteiger charge is -2.18. The van der Waals surface area contributed by atoms with E-state index in [9.17, 15) is 9.59 Å². The fourth-order valence-corrected chi connectivity index (χ4v) is 5.39. The summed E-state index contributed by atoms with van der Waals surface area (Å²) in [4.78, 5) is 25.2. The lowest BCUT2D eigenvalue weighted by atomic mass is 10.1. The third kappa shape index (κ3) is 44.8. The van der Waals surface area contributed by atoms with E-state index < -0.39 is 6.10 Å². The highest BCUT2D eigenvalue weighted by atomic mass is 16.6. The summed E-state index contributed by atoms with van der Waals surface area (Å²) in [5.41, 5.74) is 0. The zero-order chi connectivity index (χ0) is 42.1. The van der Waals surface area contributed by atoms with Gasteiger partial charge >= 0.3 is 11.9 Å². The zero-order valence-electron chi connectivity index (χ0n) is 37.0. The number of esters is 2. The fraction of sp³-hybridized carbons (Fsp3) is 0.547. The van der Waals surface area contributed by atoms with E-state index in [1.54, 1.807) is 0 Å². The van der Waals surface area contributed by atoms with Gasteiger partial charge in [0.25, 0.3) is 0 Å². The lowest BCUT2D eigenvalue weighted by Crippen LogP contribution is -2.30. The van der Waals surface area contributed by atoms with Crippen LogP contribution in [0.5, 0.6) is 0 Å². The van der Waals surface area contributed by atoms with Crippen LogP contribution in [-0.4, -0.2) is 37.9 Å². The van der Waals surface area contributed by atoms with Gasteiger partial charge in [0.05, 0.1) is 19.6 Å². The van der Waals surface area contributed by atoms with Crippen LogP contribution in [0.15, 0.2) is 134 Å². The molecule has 1 atom stereocenters. The quantitative estimate of drug-likeness (QED) is 0.0352. The molecule has 0 saturated heterocycles. The van der Waals surface area contributed by atoms with E-state index in [-0.39, 0.29) is 31.6 Å². The van der Waals surface area contributed by atoms with Crippen LogP contribution in [0.1, 0.15) is 162 Å². The molecule has 0 fully saturated rings. The normalized spacial score (nSPS) is 13.5. The molecule has 0 aromatic carbocycles. The van der Waals surface area contributed by atoms with Gasteiger partial charge in [-0.25, -0.2) is 0 Å². The highest BCUT2D eigenvalue weighted by Gasteiger charge is 2.17. The van der Waals surface area contributed by atoms with Gasteiger partial charge < -0.3 is 14.2 Å². The number of allylic oxidation sites excluding steroid dienone is 20. The monoisotopic (exact) mass is 799 g/mol. The van der Waals surface area contributed by atoms with Crippen molar-refractivity contribution < 1.29 is 23.8 Å². The number of carbonyl (C=O) groups excluding carboxylic acids is 2. The Bertz CT molecular complexity index is 1270. The van der Waals surface area contributed by atoms with Gasteiger partial charge in [0.1, 0.15) is 6.61 Å². The van der Waals surface area contributed by atoms with Crippen LogP contribution in [0.2, 0.25) is 0 Å². The Balaban J connectivity index is 4.55. The van der Waals surface area contributed by atoms with Gasteiger partial charge in [0, 0.05) is 6.42 Å². The van der Waals surface area contributed by atoms with Gasteiger partial charge in [0.2, 0.25) is 0 Å². The standard InChI is InChI=1S/C53H82O5/c1-4-7-10-13-16-19-22-24-26-28-30-33-36-39-42-45-48-56-49-51(58-53(55)47-44-41-38-35-31-21-18-15-12-9-6-3)50-57-52(54)46-43-40-37-34-32-29-27-25-23-20-17-14-11-8-5-2/h7-8,10-11,15-20,24-27,30,32-34,39-40,42-43,51H,4-6,9,12-14,21-23,28-29,31,35-38,41,44-50H2,1-3H3/b10-7-,11-8-,18-15-,19-16-,20-17-,26-24-,27-25-,33-30-,34-32-,42-39-,43-40-. The number of hydrogen-bond donors (Lipinski definition) is 0. The SMILES string of the molecule is CC/C=C\C/C=C\C/C=C\C/C=C\C/C=C\CCOCC(COC(=O)C/C=C\C/C=C\C/C=C\C/C=C\C/C=C\CC)OC(=O)CCCCCCC/C=C\CCCC. The van der Waals surface area contributed by atoms with Crippen LogP contribution < -0.4 is 0 Å². The first-order chi connectivity index (χ1) is 28.6. The highest BCUT2D eigenvalue weighted by molar-refractivity contribution is 5.71. The number of carbonyl (C=O) groups is 2. The van der Waals surface area contributed by atoms with E-state index in [0.717, 1.165) is 96.3 Å². The Kier molecular flexibility index (Phi) is 44.2. The van der Waals surface area contributed by atoms with E-state index in [2.05, 4.69) is 142 Å². The minimum Gasteiger partial charge on any atom is -0.461 e. The lowest BCUT2D eigenvalue weighted by molar-refractivity contribution is -0.162. The Hall–Kier alpha value is -3.96. The number of hydrogen-bond acceptors (Lipinski definition) is 5. The predicted molar refractivity (Wildman–Crippen MR) is 251 cm³/mol. The van der Waals surface area contributed by atoms with Gasteiger partial charge in [-0.05, 0) is 96.3 Å². The van der Waals surface area contributed by atoms with Crippen molar-refractivity contribution in [2.24, 2.45) is 0 Å². The van der Waals surface area contributed by atoms with Crippen LogP contribution >= 0.6 is 0 Å². The first kappa shape index (κ1) is 54.0. The average molecular weight is 799 g/mol. The molecule has 1 unspecified atom stereocenters. The van der Waals surface area contributed by atoms with Crippen molar-refractivity contribution in [3.05, 3.63) is 134 Å². The molecule has 0 bridgehead atoms. The van der Waals surface area contributed by atoms with Crippen LogP contribution in [-0.2, 0) is 23.8 Å². The van der Waals surface area contributed by atoms with Crippen molar-refractivity contribution >= 4 is 11.9 Å². The van der Waals surface area contributed by atoms with E-state index in [1.165, 1.54) is 32.1 Å². The molecule has 0 saturated carbocycles. The summed E-state index contributed by atoms with van der Waals surface area (Å²) in [5.74, 6) is -0.611. The van der Waals surface area contributed by atoms with Crippen molar-refractivity contribution in [1.29, 1.82) is 0 Å². The van der Waals surface area contributed by atoms with Crippen molar-refractivity contribution in [3.63, 3.8) is 0 Å². The second kappa shape index (κ2) is 47.4. The topological polar surface area (TPSA) is 61.8 Å². The largest absolute Gasteiger partial charge is 0.461 e. The molecule has 0 amide bonds. The third-order valence-corrected chi connectivity index (χ3v) is 8.70. The molecule has 0 heterocycles. The van der Waals surface area contributed by atoms with Gasteiger partial charge in [-0.3, -0.25) is 9.59 Å². The van der Waals surface area contributed by atoms with Gasteiger partial charge in [-0.1, -0.05) is 187 Å². The van der Waals surface area contributed by atoms with Gasteiger partial charge in [-0.2, -0.15) is 0 Å². The van der Waals surface area contributed by atoms with E-state index in [1.807, 2.05) is 12.2 Å². The van der Waals surface area contributed by atoms with Gasteiger partial charge in [0.15, 0.2) is 6.10 Å². The van der Waals surface area contributed by atoms with Crippen LogP contribution in [0, 0.1) is 0 Å². The summed E-state index contributed by atoms with van der Waals surface area (Å²) in [6, 6.07) is 0. The average Bonchev–Trinajstić information content (AvgIpc) is 3.22. The minimum atomic E-state index is -0.627. The number of rotatable bonds is 39. The molecule has 0 radical (unpaired) electrons. The Morgan fingerprint density at radius 2 is 0.828 bits per heavy atom. The first-order valence-corrected chi connectivity index (χ1v) is 22.7. The maximum atomic E-state index is 12.7. The summed E-state index contributed by atoms with van der Waals surface area (Å²) in [5, 5.41) is 0. The van der Waals surface area contributed by atoms with Crippen LogP contribution in [0.4, 0.5) is 0 Å².